The fraction of sp³-hybridized carbons (Fsp3) is 0.429. The third kappa shape index (κ3) is 5.27. The van der Waals surface area contributed by atoms with Gasteiger partial charge in [0, 0.05) is 43.3 Å². The minimum atomic E-state index is -0.552. The standard InChI is InChI=1S/C28H35ClN2O3/c1-4-5-6-25(31-17-15-30(16-18-31)22-9-11-23(33-2)12-10-22)28(32)21-7-13-24-20(19-21)8-14-26(34-3)27(24)29/h7-14,19,25,28,32H,4-6,15-18H2,1-3H3/t25-,28-/m1/s1. The molecule has 4 rings (SSSR count). The Kier molecular flexibility index (Phi) is 8.19. The number of methoxy groups -OCH3 is 2. The summed E-state index contributed by atoms with van der Waals surface area (Å²) in [5, 5.41) is 14.1. The minimum Gasteiger partial charge on any atom is -0.497 e. The van der Waals surface area contributed by atoms with Crippen LogP contribution in [0.3, 0.4) is 0 Å². The van der Waals surface area contributed by atoms with Crippen molar-refractivity contribution in [1.29, 1.82) is 0 Å². The SMILES string of the molecule is CCCC[C@H]([C@H](O)c1ccc2c(Cl)c(OC)ccc2c1)N1CCN(c2ccc(OC)cc2)CC1. The monoisotopic (exact) mass is 482 g/mol. The molecule has 0 aliphatic carbocycles. The number of ether oxygens (including phenoxy) is 2. The summed E-state index contributed by atoms with van der Waals surface area (Å²) in [5.41, 5.74) is 2.15. The molecule has 0 saturated carbocycles. The van der Waals surface area contributed by atoms with Gasteiger partial charge in [-0.15, -0.1) is 0 Å². The van der Waals surface area contributed by atoms with Crippen molar-refractivity contribution in [3.05, 3.63) is 65.2 Å². The lowest BCUT2D eigenvalue weighted by Crippen LogP contribution is -2.52. The summed E-state index contributed by atoms with van der Waals surface area (Å²) in [4.78, 5) is 4.87. The van der Waals surface area contributed by atoms with Crippen LogP contribution in [0.25, 0.3) is 10.8 Å². The fourth-order valence-electron chi connectivity index (χ4n) is 4.91. The molecule has 1 N–H and O–H groups in total. The molecule has 5 nitrogen and oxygen atoms in total. The Balaban J connectivity index is 1.50. The third-order valence-corrected chi connectivity index (χ3v) is 7.33. The van der Waals surface area contributed by atoms with Gasteiger partial charge in [-0.3, -0.25) is 4.90 Å². The smallest absolute Gasteiger partial charge is 0.138 e. The zero-order valence-electron chi connectivity index (χ0n) is 20.3. The maximum Gasteiger partial charge on any atom is 0.138 e. The molecule has 1 saturated heterocycles. The molecular weight excluding hydrogens is 448 g/mol. The van der Waals surface area contributed by atoms with Gasteiger partial charge in [-0.25, -0.2) is 0 Å². The molecule has 0 amide bonds. The zero-order valence-corrected chi connectivity index (χ0v) is 21.1. The van der Waals surface area contributed by atoms with Gasteiger partial charge in [0.25, 0.3) is 0 Å². The summed E-state index contributed by atoms with van der Waals surface area (Å²) in [6.45, 7) is 5.93. The molecule has 3 aromatic rings. The van der Waals surface area contributed by atoms with Crippen LogP contribution in [-0.4, -0.2) is 56.4 Å². The highest BCUT2D eigenvalue weighted by Crippen LogP contribution is 2.35. The number of aliphatic hydroxyl groups excluding tert-OH is 1. The molecule has 0 spiro atoms. The van der Waals surface area contributed by atoms with E-state index in [2.05, 4.69) is 34.9 Å². The number of benzene rings is 3. The molecular formula is C28H35ClN2O3. The summed E-state index contributed by atoms with van der Waals surface area (Å²) in [6.07, 6.45) is 2.63. The van der Waals surface area contributed by atoms with Crippen molar-refractivity contribution in [2.45, 2.75) is 38.3 Å². The first kappa shape index (κ1) is 24.6. The molecule has 0 unspecified atom stereocenters. The average molecular weight is 483 g/mol. The summed E-state index contributed by atoms with van der Waals surface area (Å²) >= 11 is 6.50. The molecule has 0 bridgehead atoms. The highest BCUT2D eigenvalue weighted by atomic mass is 35.5. The second-order valence-electron chi connectivity index (χ2n) is 8.94. The number of rotatable bonds is 9. The molecule has 34 heavy (non-hydrogen) atoms. The first-order valence-electron chi connectivity index (χ1n) is 12.1. The third-order valence-electron chi connectivity index (χ3n) is 6.94. The normalized spacial score (nSPS) is 16.4. The molecule has 1 fully saturated rings. The van der Waals surface area contributed by atoms with Gasteiger partial charge in [0.1, 0.15) is 11.5 Å². The predicted molar refractivity (Wildman–Crippen MR) is 141 cm³/mol. The van der Waals surface area contributed by atoms with E-state index in [1.807, 2.05) is 36.4 Å². The van der Waals surface area contributed by atoms with Gasteiger partial charge in [0.15, 0.2) is 0 Å². The van der Waals surface area contributed by atoms with E-state index in [9.17, 15) is 5.11 Å². The molecule has 3 aromatic carbocycles. The molecule has 0 radical (unpaired) electrons. The van der Waals surface area contributed by atoms with Crippen LogP contribution in [0, 0.1) is 0 Å². The predicted octanol–water partition coefficient (Wildman–Crippen LogP) is 5.92. The second-order valence-corrected chi connectivity index (χ2v) is 9.32. The number of anilines is 1. The van der Waals surface area contributed by atoms with Crippen molar-refractivity contribution in [2.24, 2.45) is 0 Å². The largest absolute Gasteiger partial charge is 0.497 e. The highest BCUT2D eigenvalue weighted by molar-refractivity contribution is 6.37. The Hall–Kier alpha value is -2.47. The summed E-state index contributed by atoms with van der Waals surface area (Å²) in [5.74, 6) is 1.54. The van der Waals surface area contributed by atoms with Crippen LogP contribution in [0.2, 0.25) is 5.02 Å². The number of nitrogens with zero attached hydrogens (tertiary/aromatic N) is 2. The lowest BCUT2D eigenvalue weighted by Gasteiger charge is -2.42. The van der Waals surface area contributed by atoms with E-state index in [4.69, 9.17) is 21.1 Å². The molecule has 1 heterocycles. The van der Waals surface area contributed by atoms with Crippen molar-refractivity contribution in [2.75, 3.05) is 45.3 Å². The molecule has 6 heteroatoms. The van der Waals surface area contributed by atoms with Gasteiger partial charge < -0.3 is 19.5 Å². The lowest BCUT2D eigenvalue weighted by molar-refractivity contribution is 0.0386. The molecule has 182 valence electrons. The van der Waals surface area contributed by atoms with Crippen LogP contribution in [0.15, 0.2) is 54.6 Å². The van der Waals surface area contributed by atoms with E-state index in [-0.39, 0.29) is 6.04 Å². The quantitative estimate of drug-likeness (QED) is 0.410. The van der Waals surface area contributed by atoms with Crippen molar-refractivity contribution in [3.63, 3.8) is 0 Å². The van der Waals surface area contributed by atoms with Crippen LogP contribution in [0.5, 0.6) is 11.5 Å². The van der Waals surface area contributed by atoms with Crippen LogP contribution < -0.4 is 14.4 Å². The Labute approximate surface area is 207 Å². The van der Waals surface area contributed by atoms with Crippen molar-refractivity contribution in [3.8, 4) is 11.5 Å². The summed E-state index contributed by atoms with van der Waals surface area (Å²) in [7, 11) is 3.31. The average Bonchev–Trinajstić information content (AvgIpc) is 2.89. The van der Waals surface area contributed by atoms with Gasteiger partial charge in [-0.05, 0) is 53.8 Å². The number of hydrogen-bond donors (Lipinski definition) is 1. The van der Waals surface area contributed by atoms with E-state index in [1.165, 1.54) is 5.69 Å². The van der Waals surface area contributed by atoms with E-state index < -0.39 is 6.10 Å². The maximum atomic E-state index is 11.5. The number of piperazine rings is 1. The Morgan fingerprint density at radius 2 is 1.68 bits per heavy atom. The van der Waals surface area contributed by atoms with Gasteiger partial charge in [0.2, 0.25) is 0 Å². The number of hydrogen-bond acceptors (Lipinski definition) is 5. The van der Waals surface area contributed by atoms with Gasteiger partial charge >= 0.3 is 0 Å². The summed E-state index contributed by atoms with van der Waals surface area (Å²) < 4.78 is 10.6. The van der Waals surface area contributed by atoms with Gasteiger partial charge in [-0.1, -0.05) is 49.6 Å². The fourth-order valence-corrected chi connectivity index (χ4v) is 5.22. The molecule has 1 aliphatic heterocycles. The van der Waals surface area contributed by atoms with Crippen LogP contribution in [0.4, 0.5) is 5.69 Å². The Bertz CT molecular complexity index is 1080. The van der Waals surface area contributed by atoms with E-state index in [0.29, 0.717) is 10.8 Å². The number of aliphatic hydroxyl groups is 1. The van der Waals surface area contributed by atoms with Crippen molar-refractivity contribution in [1.82, 2.24) is 4.90 Å². The maximum absolute atomic E-state index is 11.5. The minimum absolute atomic E-state index is 0.0872. The second kappa shape index (κ2) is 11.3. The first-order chi connectivity index (χ1) is 16.5. The van der Waals surface area contributed by atoms with Crippen LogP contribution in [0.1, 0.15) is 37.9 Å². The number of halogens is 1. The molecule has 2 atom stereocenters. The van der Waals surface area contributed by atoms with E-state index >= 15 is 0 Å². The van der Waals surface area contributed by atoms with Crippen LogP contribution in [-0.2, 0) is 0 Å². The Morgan fingerprint density at radius 1 is 0.941 bits per heavy atom. The Morgan fingerprint density at radius 3 is 2.32 bits per heavy atom. The lowest BCUT2D eigenvalue weighted by atomic mass is 9.94. The van der Waals surface area contributed by atoms with E-state index in [0.717, 1.165) is 67.5 Å². The van der Waals surface area contributed by atoms with Gasteiger partial charge in [0.05, 0.1) is 25.3 Å². The van der Waals surface area contributed by atoms with Crippen molar-refractivity contribution < 1.29 is 14.6 Å². The molecule has 1 aliphatic rings. The zero-order chi connectivity index (χ0) is 24.1. The van der Waals surface area contributed by atoms with Gasteiger partial charge in [-0.2, -0.15) is 0 Å². The number of fused-ring (bicyclic) bond motifs is 1. The van der Waals surface area contributed by atoms with Crippen molar-refractivity contribution >= 4 is 28.1 Å². The first-order valence-corrected chi connectivity index (χ1v) is 12.5. The molecule has 0 aromatic heterocycles. The van der Waals surface area contributed by atoms with Crippen LogP contribution >= 0.6 is 11.6 Å². The number of unbranched alkanes of at least 4 members (excludes halogenated alkanes) is 1. The van der Waals surface area contributed by atoms with E-state index in [1.54, 1.807) is 14.2 Å². The summed E-state index contributed by atoms with van der Waals surface area (Å²) in [6, 6.07) is 18.3. The highest BCUT2D eigenvalue weighted by Gasteiger charge is 2.30. The topological polar surface area (TPSA) is 45.2 Å².